The second kappa shape index (κ2) is 8.22. The molecule has 3 rings (SSSR count). The van der Waals surface area contributed by atoms with E-state index < -0.39 is 12.0 Å². The van der Waals surface area contributed by atoms with Crippen LogP contribution in [-0.2, 0) is 14.4 Å². The highest BCUT2D eigenvalue weighted by molar-refractivity contribution is 5.97. The summed E-state index contributed by atoms with van der Waals surface area (Å²) >= 11 is 0. The van der Waals surface area contributed by atoms with Gasteiger partial charge in [0.05, 0.1) is 26.2 Å². The molecule has 2 aromatic carbocycles. The van der Waals surface area contributed by atoms with Crippen molar-refractivity contribution in [3.8, 4) is 5.75 Å². The molecule has 0 aliphatic carbocycles. The summed E-state index contributed by atoms with van der Waals surface area (Å²) in [6.45, 7) is 2.00. The largest absolute Gasteiger partial charge is 0.497 e. The van der Waals surface area contributed by atoms with Crippen molar-refractivity contribution in [1.29, 1.82) is 0 Å². The van der Waals surface area contributed by atoms with Crippen molar-refractivity contribution >= 4 is 17.5 Å². The molecule has 142 valence electrons. The Morgan fingerprint density at radius 3 is 2.33 bits per heavy atom. The van der Waals surface area contributed by atoms with E-state index in [9.17, 15) is 9.59 Å². The van der Waals surface area contributed by atoms with Crippen LogP contribution in [0, 0.1) is 12.8 Å². The molecule has 1 aliphatic rings. The molecule has 0 unspecified atom stereocenters. The van der Waals surface area contributed by atoms with Gasteiger partial charge >= 0.3 is 0 Å². The first-order chi connectivity index (χ1) is 13.0. The van der Waals surface area contributed by atoms with Crippen LogP contribution in [0.2, 0.25) is 0 Å². The fourth-order valence-corrected chi connectivity index (χ4v) is 3.54. The van der Waals surface area contributed by atoms with Crippen molar-refractivity contribution in [2.45, 2.75) is 25.8 Å². The van der Waals surface area contributed by atoms with E-state index in [1.165, 1.54) is 7.11 Å². The van der Waals surface area contributed by atoms with Crippen LogP contribution in [0.15, 0.2) is 48.5 Å². The molecule has 1 heterocycles. The molecular weight excluding hydrogens is 344 g/mol. The lowest BCUT2D eigenvalue weighted by Gasteiger charge is -2.40. The van der Waals surface area contributed by atoms with E-state index in [0.29, 0.717) is 12.8 Å². The SMILES string of the molecule is CONC(=O)[C@H]1CCC(=O)N(c2ccc(C)cc2)[C@@H]1c1ccc(OC)cc1. The van der Waals surface area contributed by atoms with Crippen molar-refractivity contribution in [3.05, 3.63) is 59.7 Å². The molecule has 1 N–H and O–H groups in total. The number of hydroxylamine groups is 1. The third-order valence-corrected chi connectivity index (χ3v) is 4.91. The summed E-state index contributed by atoms with van der Waals surface area (Å²) < 4.78 is 5.24. The number of carbonyl (C=O) groups is 2. The molecule has 0 saturated carbocycles. The van der Waals surface area contributed by atoms with Gasteiger partial charge < -0.3 is 9.64 Å². The number of aryl methyl sites for hydroxylation is 1. The van der Waals surface area contributed by atoms with E-state index in [1.54, 1.807) is 12.0 Å². The van der Waals surface area contributed by atoms with Crippen LogP contribution in [-0.4, -0.2) is 26.0 Å². The van der Waals surface area contributed by atoms with Crippen LogP contribution in [0.4, 0.5) is 5.69 Å². The third-order valence-electron chi connectivity index (χ3n) is 4.91. The zero-order chi connectivity index (χ0) is 19.4. The zero-order valence-electron chi connectivity index (χ0n) is 15.8. The number of ether oxygens (including phenoxy) is 1. The highest BCUT2D eigenvalue weighted by Gasteiger charge is 2.41. The quantitative estimate of drug-likeness (QED) is 0.823. The maximum atomic E-state index is 12.9. The van der Waals surface area contributed by atoms with Gasteiger partial charge in [-0.2, -0.15) is 0 Å². The second-order valence-corrected chi connectivity index (χ2v) is 6.63. The first kappa shape index (κ1) is 18.9. The van der Waals surface area contributed by atoms with Gasteiger partial charge in [-0.1, -0.05) is 29.8 Å². The van der Waals surface area contributed by atoms with Gasteiger partial charge in [0, 0.05) is 12.1 Å². The number of amides is 2. The smallest absolute Gasteiger partial charge is 0.249 e. The number of anilines is 1. The monoisotopic (exact) mass is 368 g/mol. The molecule has 0 aromatic heterocycles. The zero-order valence-corrected chi connectivity index (χ0v) is 15.8. The minimum Gasteiger partial charge on any atom is -0.497 e. The lowest BCUT2D eigenvalue weighted by atomic mass is 9.83. The third kappa shape index (κ3) is 3.95. The van der Waals surface area contributed by atoms with Crippen molar-refractivity contribution < 1.29 is 19.2 Å². The van der Waals surface area contributed by atoms with Gasteiger partial charge in [-0.3, -0.25) is 14.4 Å². The highest BCUT2D eigenvalue weighted by atomic mass is 16.6. The minimum atomic E-state index is -0.421. The Morgan fingerprint density at radius 1 is 1.07 bits per heavy atom. The summed E-state index contributed by atoms with van der Waals surface area (Å²) in [5.74, 6) is 0.0714. The predicted molar refractivity (Wildman–Crippen MR) is 102 cm³/mol. The van der Waals surface area contributed by atoms with Crippen LogP contribution >= 0.6 is 0 Å². The summed E-state index contributed by atoms with van der Waals surface area (Å²) in [7, 11) is 3.01. The molecule has 6 heteroatoms. The number of nitrogens with zero attached hydrogens (tertiary/aromatic N) is 1. The molecule has 2 amide bonds. The number of carbonyl (C=O) groups excluding carboxylic acids is 2. The van der Waals surface area contributed by atoms with Gasteiger partial charge in [0.2, 0.25) is 11.8 Å². The van der Waals surface area contributed by atoms with E-state index >= 15 is 0 Å². The topological polar surface area (TPSA) is 67.9 Å². The van der Waals surface area contributed by atoms with Crippen molar-refractivity contribution in [1.82, 2.24) is 5.48 Å². The van der Waals surface area contributed by atoms with Gasteiger partial charge in [0.15, 0.2) is 0 Å². The number of piperidine rings is 1. The number of methoxy groups -OCH3 is 1. The van der Waals surface area contributed by atoms with Crippen LogP contribution in [0.25, 0.3) is 0 Å². The summed E-state index contributed by atoms with van der Waals surface area (Å²) in [4.78, 5) is 32.1. The Morgan fingerprint density at radius 2 is 1.74 bits per heavy atom. The molecule has 1 aliphatic heterocycles. The molecule has 1 fully saturated rings. The van der Waals surface area contributed by atoms with E-state index in [-0.39, 0.29) is 11.8 Å². The Kier molecular flexibility index (Phi) is 5.76. The molecule has 1 saturated heterocycles. The summed E-state index contributed by atoms with van der Waals surface area (Å²) in [6.07, 6.45) is 0.773. The molecule has 27 heavy (non-hydrogen) atoms. The average Bonchev–Trinajstić information content (AvgIpc) is 2.69. The van der Waals surface area contributed by atoms with Crippen LogP contribution < -0.4 is 15.1 Å². The highest BCUT2D eigenvalue weighted by Crippen LogP contribution is 2.40. The number of benzene rings is 2. The predicted octanol–water partition coefficient (Wildman–Crippen LogP) is 3.17. The van der Waals surface area contributed by atoms with Gasteiger partial charge in [0.25, 0.3) is 0 Å². The van der Waals surface area contributed by atoms with Crippen LogP contribution in [0.1, 0.15) is 30.0 Å². The van der Waals surface area contributed by atoms with Gasteiger partial charge in [-0.25, -0.2) is 5.48 Å². The number of rotatable bonds is 5. The number of hydrogen-bond donors (Lipinski definition) is 1. The molecule has 0 spiro atoms. The van der Waals surface area contributed by atoms with Crippen molar-refractivity contribution in [2.24, 2.45) is 5.92 Å². The van der Waals surface area contributed by atoms with E-state index in [0.717, 1.165) is 22.6 Å². The standard InChI is InChI=1S/C21H24N2O4/c1-14-4-8-16(9-5-14)23-19(24)13-12-18(21(25)22-27-3)20(23)15-6-10-17(26-2)11-7-15/h4-11,18,20H,12-13H2,1-3H3,(H,22,25)/t18-,20+/m0/s1. The van der Waals surface area contributed by atoms with Gasteiger partial charge in [0.1, 0.15) is 5.75 Å². The number of nitrogens with one attached hydrogen (secondary N) is 1. The number of hydrogen-bond acceptors (Lipinski definition) is 4. The normalized spacial score (nSPS) is 19.7. The van der Waals surface area contributed by atoms with E-state index in [4.69, 9.17) is 9.57 Å². The Hall–Kier alpha value is -2.86. The van der Waals surface area contributed by atoms with Gasteiger partial charge in [-0.15, -0.1) is 0 Å². The summed E-state index contributed by atoms with van der Waals surface area (Å²) in [6, 6.07) is 14.8. The molecule has 6 nitrogen and oxygen atoms in total. The van der Waals surface area contributed by atoms with E-state index in [2.05, 4.69) is 5.48 Å². The summed E-state index contributed by atoms with van der Waals surface area (Å²) in [5, 5.41) is 0. The fraction of sp³-hybridized carbons (Fsp3) is 0.333. The fourth-order valence-electron chi connectivity index (χ4n) is 3.54. The van der Waals surface area contributed by atoms with Crippen molar-refractivity contribution in [3.63, 3.8) is 0 Å². The van der Waals surface area contributed by atoms with Crippen LogP contribution in [0.5, 0.6) is 5.75 Å². The maximum Gasteiger partial charge on any atom is 0.249 e. The average molecular weight is 368 g/mol. The van der Waals surface area contributed by atoms with Crippen LogP contribution in [0.3, 0.4) is 0 Å². The second-order valence-electron chi connectivity index (χ2n) is 6.63. The minimum absolute atomic E-state index is 0.00105. The van der Waals surface area contributed by atoms with Crippen molar-refractivity contribution in [2.75, 3.05) is 19.1 Å². The van der Waals surface area contributed by atoms with E-state index in [1.807, 2.05) is 55.5 Å². The van der Waals surface area contributed by atoms with Gasteiger partial charge in [-0.05, 0) is 43.2 Å². The molecular formula is C21H24N2O4. The molecule has 0 radical (unpaired) electrons. The lowest BCUT2D eigenvalue weighted by Crippen LogP contribution is -2.48. The first-order valence-electron chi connectivity index (χ1n) is 8.90. The molecule has 0 bridgehead atoms. The Labute approximate surface area is 159 Å². The summed E-state index contributed by atoms with van der Waals surface area (Å²) in [5.41, 5.74) is 5.20. The molecule has 2 aromatic rings. The lowest BCUT2D eigenvalue weighted by molar-refractivity contribution is -0.138. The Bertz CT molecular complexity index is 802. The first-order valence-corrected chi connectivity index (χ1v) is 8.90. The maximum absolute atomic E-state index is 12.9. The Balaban J connectivity index is 2.06. The molecule has 2 atom stereocenters.